The van der Waals surface area contributed by atoms with Gasteiger partial charge in [0, 0.05) is 23.0 Å². The van der Waals surface area contributed by atoms with E-state index in [-0.39, 0.29) is 18.0 Å². The van der Waals surface area contributed by atoms with Gasteiger partial charge in [-0.15, -0.1) is 0 Å². The molecule has 0 radical (unpaired) electrons. The van der Waals surface area contributed by atoms with Gasteiger partial charge in [-0.1, -0.05) is 44.7 Å². The monoisotopic (exact) mass is 393 g/mol. The quantitative estimate of drug-likeness (QED) is 0.562. The van der Waals surface area contributed by atoms with Gasteiger partial charge >= 0.3 is 6.03 Å². The van der Waals surface area contributed by atoms with Gasteiger partial charge in [0.25, 0.3) is 5.91 Å². The molecule has 0 atom stereocenters. The van der Waals surface area contributed by atoms with E-state index in [9.17, 15) is 9.59 Å². The number of hydrogen-bond donors (Lipinski definition) is 3. The average Bonchev–Trinajstić information content (AvgIpc) is 2.74. The van der Waals surface area contributed by atoms with Crippen LogP contribution in [0.25, 0.3) is 0 Å². The van der Waals surface area contributed by atoms with Crippen LogP contribution in [0.5, 0.6) is 0 Å². The molecule has 154 valence electrons. The predicted molar refractivity (Wildman–Crippen MR) is 118 cm³/mol. The highest BCUT2D eigenvalue weighted by Gasteiger charge is 2.16. The summed E-state index contributed by atoms with van der Waals surface area (Å²) in [6.45, 7) is 2.18. The smallest absolute Gasteiger partial charge is 0.323 e. The maximum absolute atomic E-state index is 12.4. The molecule has 0 aliphatic heterocycles. The molecule has 3 amide bonds. The number of hydrogen-bond acceptors (Lipinski definition) is 2. The van der Waals surface area contributed by atoms with Crippen LogP contribution in [0.3, 0.4) is 0 Å². The number of rotatable bonds is 7. The fourth-order valence-corrected chi connectivity index (χ4v) is 3.65. The van der Waals surface area contributed by atoms with Gasteiger partial charge in [-0.05, 0) is 67.6 Å². The van der Waals surface area contributed by atoms with Crippen molar-refractivity contribution in [3.8, 4) is 0 Å². The topological polar surface area (TPSA) is 70.2 Å². The van der Waals surface area contributed by atoms with Crippen molar-refractivity contribution in [2.45, 2.75) is 64.3 Å². The standard InChI is InChI=1S/C24H31N3O2/c1-2-3-7-18-10-14-21(15-11-18)26-24(29)27-22-16-12-19(13-17-22)23(28)25-20-8-5-4-6-9-20/h10-17,20H,2-9H2,1H3,(H,25,28)(H2,26,27,29). The van der Waals surface area contributed by atoms with Crippen LogP contribution in [0.1, 0.15) is 67.8 Å². The van der Waals surface area contributed by atoms with Gasteiger partial charge in [0.15, 0.2) is 0 Å². The maximum atomic E-state index is 12.4. The predicted octanol–water partition coefficient (Wildman–Crippen LogP) is 5.74. The zero-order chi connectivity index (χ0) is 20.5. The highest BCUT2D eigenvalue weighted by Crippen LogP contribution is 2.18. The van der Waals surface area contributed by atoms with E-state index in [0.29, 0.717) is 11.3 Å². The third-order valence-electron chi connectivity index (χ3n) is 5.38. The number of benzene rings is 2. The van der Waals surface area contributed by atoms with Crippen LogP contribution < -0.4 is 16.0 Å². The minimum Gasteiger partial charge on any atom is -0.349 e. The average molecular weight is 394 g/mol. The van der Waals surface area contributed by atoms with Crippen molar-refractivity contribution in [2.24, 2.45) is 0 Å². The largest absolute Gasteiger partial charge is 0.349 e. The number of anilines is 2. The van der Waals surface area contributed by atoms with Gasteiger partial charge in [0.1, 0.15) is 0 Å². The molecule has 0 bridgehead atoms. The molecule has 29 heavy (non-hydrogen) atoms. The van der Waals surface area contributed by atoms with Gasteiger partial charge in [-0.3, -0.25) is 4.79 Å². The van der Waals surface area contributed by atoms with E-state index in [2.05, 4.69) is 22.9 Å². The Labute approximate surface area is 173 Å². The van der Waals surface area contributed by atoms with Crippen LogP contribution in [0, 0.1) is 0 Å². The first-order chi connectivity index (χ1) is 14.1. The summed E-state index contributed by atoms with van der Waals surface area (Å²) in [5, 5.41) is 8.75. The number of aryl methyl sites for hydroxylation is 1. The minimum absolute atomic E-state index is 0.0453. The third-order valence-corrected chi connectivity index (χ3v) is 5.38. The molecular formula is C24H31N3O2. The van der Waals surface area contributed by atoms with E-state index in [1.54, 1.807) is 24.3 Å². The lowest BCUT2D eigenvalue weighted by Gasteiger charge is -2.22. The van der Waals surface area contributed by atoms with Gasteiger partial charge in [-0.25, -0.2) is 4.79 Å². The SMILES string of the molecule is CCCCc1ccc(NC(=O)Nc2ccc(C(=O)NC3CCCCC3)cc2)cc1. The first-order valence-electron chi connectivity index (χ1n) is 10.7. The van der Waals surface area contributed by atoms with Gasteiger partial charge < -0.3 is 16.0 Å². The van der Waals surface area contributed by atoms with Crippen LogP contribution in [-0.4, -0.2) is 18.0 Å². The molecule has 0 unspecified atom stereocenters. The Morgan fingerprint density at radius 3 is 2.03 bits per heavy atom. The van der Waals surface area contributed by atoms with Crippen molar-refractivity contribution in [1.29, 1.82) is 0 Å². The highest BCUT2D eigenvalue weighted by atomic mass is 16.2. The van der Waals surface area contributed by atoms with E-state index >= 15 is 0 Å². The van der Waals surface area contributed by atoms with Crippen LogP contribution in [0.2, 0.25) is 0 Å². The summed E-state index contributed by atoms with van der Waals surface area (Å²) in [6.07, 6.45) is 9.15. The van der Waals surface area contributed by atoms with Crippen molar-refractivity contribution < 1.29 is 9.59 Å². The lowest BCUT2D eigenvalue weighted by atomic mass is 9.95. The lowest BCUT2D eigenvalue weighted by Crippen LogP contribution is -2.36. The van der Waals surface area contributed by atoms with Crippen molar-refractivity contribution in [3.05, 3.63) is 59.7 Å². The molecule has 5 nitrogen and oxygen atoms in total. The summed E-state index contributed by atoms with van der Waals surface area (Å²) in [6, 6.07) is 14.9. The maximum Gasteiger partial charge on any atom is 0.323 e. The molecule has 5 heteroatoms. The molecule has 1 aliphatic rings. The van der Waals surface area contributed by atoms with E-state index in [0.717, 1.165) is 24.9 Å². The molecule has 3 N–H and O–H groups in total. The number of unbranched alkanes of at least 4 members (excludes halogenated alkanes) is 1. The number of carbonyl (C=O) groups is 2. The second-order valence-corrected chi connectivity index (χ2v) is 7.77. The highest BCUT2D eigenvalue weighted by molar-refractivity contribution is 6.00. The van der Waals surface area contributed by atoms with E-state index in [1.165, 1.54) is 37.7 Å². The molecule has 1 fully saturated rings. The van der Waals surface area contributed by atoms with Crippen molar-refractivity contribution in [2.75, 3.05) is 10.6 Å². The molecule has 3 rings (SSSR count). The number of carbonyl (C=O) groups excluding carboxylic acids is 2. The Balaban J connectivity index is 1.48. The second kappa shape index (κ2) is 10.6. The molecule has 1 aliphatic carbocycles. The Hall–Kier alpha value is -2.82. The molecular weight excluding hydrogens is 362 g/mol. The normalized spacial score (nSPS) is 14.2. The Kier molecular flexibility index (Phi) is 7.68. The van der Waals surface area contributed by atoms with Crippen molar-refractivity contribution in [1.82, 2.24) is 5.32 Å². The van der Waals surface area contributed by atoms with Gasteiger partial charge in [0.05, 0.1) is 0 Å². The third kappa shape index (κ3) is 6.63. The first-order valence-corrected chi connectivity index (χ1v) is 10.7. The first kappa shape index (κ1) is 20.9. The second-order valence-electron chi connectivity index (χ2n) is 7.77. The zero-order valence-electron chi connectivity index (χ0n) is 17.2. The molecule has 2 aromatic rings. The van der Waals surface area contributed by atoms with Crippen molar-refractivity contribution >= 4 is 23.3 Å². The summed E-state index contributed by atoms with van der Waals surface area (Å²) in [7, 11) is 0. The van der Waals surface area contributed by atoms with Crippen LogP contribution >= 0.6 is 0 Å². The lowest BCUT2D eigenvalue weighted by molar-refractivity contribution is 0.0927. The number of urea groups is 1. The Morgan fingerprint density at radius 2 is 1.45 bits per heavy atom. The Bertz CT molecular complexity index is 794. The summed E-state index contributed by atoms with van der Waals surface area (Å²) in [5.41, 5.74) is 3.30. The molecule has 0 heterocycles. The van der Waals surface area contributed by atoms with Crippen molar-refractivity contribution in [3.63, 3.8) is 0 Å². The summed E-state index contributed by atoms with van der Waals surface area (Å²) in [4.78, 5) is 24.6. The van der Waals surface area contributed by atoms with Crippen LogP contribution in [0.4, 0.5) is 16.2 Å². The molecule has 1 saturated carbocycles. The zero-order valence-corrected chi connectivity index (χ0v) is 17.2. The molecule has 0 aromatic heterocycles. The van der Waals surface area contributed by atoms with Gasteiger partial charge in [-0.2, -0.15) is 0 Å². The molecule has 2 aromatic carbocycles. The van der Waals surface area contributed by atoms with Crippen LogP contribution in [0.15, 0.2) is 48.5 Å². The Morgan fingerprint density at radius 1 is 0.862 bits per heavy atom. The van der Waals surface area contributed by atoms with E-state index in [4.69, 9.17) is 0 Å². The fourth-order valence-electron chi connectivity index (χ4n) is 3.65. The molecule has 0 saturated heterocycles. The van der Waals surface area contributed by atoms with E-state index < -0.39 is 0 Å². The van der Waals surface area contributed by atoms with Gasteiger partial charge in [0.2, 0.25) is 0 Å². The summed E-state index contributed by atoms with van der Waals surface area (Å²) < 4.78 is 0. The minimum atomic E-state index is -0.300. The number of amides is 3. The van der Waals surface area contributed by atoms with Crippen LogP contribution in [-0.2, 0) is 6.42 Å². The fraction of sp³-hybridized carbons (Fsp3) is 0.417. The number of nitrogens with one attached hydrogen (secondary N) is 3. The molecule has 0 spiro atoms. The summed E-state index contributed by atoms with van der Waals surface area (Å²) in [5.74, 6) is -0.0453. The van der Waals surface area contributed by atoms with E-state index in [1.807, 2.05) is 24.3 Å². The summed E-state index contributed by atoms with van der Waals surface area (Å²) >= 11 is 0.